The summed E-state index contributed by atoms with van der Waals surface area (Å²) in [5.74, 6) is -5.14. The molecular weight excluding hydrogens is 458 g/mol. The summed E-state index contributed by atoms with van der Waals surface area (Å²) in [7, 11) is 0. The normalized spacial score (nSPS) is 21.6. The fourth-order valence-electron chi connectivity index (χ4n) is 4.44. The van der Waals surface area contributed by atoms with E-state index in [2.05, 4.69) is 26.8 Å². The molecule has 1 aliphatic heterocycles. The lowest BCUT2D eigenvalue weighted by Gasteiger charge is -2.32. The molecule has 1 aliphatic carbocycles. The van der Waals surface area contributed by atoms with Gasteiger partial charge in [-0.1, -0.05) is 80.5 Å². The zero-order chi connectivity index (χ0) is 24.9. The van der Waals surface area contributed by atoms with Crippen molar-refractivity contribution in [3.63, 3.8) is 0 Å². The first-order valence-electron chi connectivity index (χ1n) is 11.2. The lowest BCUT2D eigenvalue weighted by molar-refractivity contribution is -0.157. The molecule has 0 spiro atoms. The highest BCUT2D eigenvalue weighted by Gasteiger charge is 2.45. The number of thioether (sulfide) groups is 1. The highest BCUT2D eigenvalue weighted by molar-refractivity contribution is 8.26. The van der Waals surface area contributed by atoms with Crippen molar-refractivity contribution in [1.82, 2.24) is 4.90 Å². The monoisotopic (exact) mass is 491 g/mol. The van der Waals surface area contributed by atoms with Crippen LogP contribution in [0.2, 0.25) is 0 Å². The van der Waals surface area contributed by atoms with E-state index in [1.165, 1.54) is 22.5 Å². The maximum atomic E-state index is 13.0. The number of carboxylic acid groups (broad SMARTS) is 2. The van der Waals surface area contributed by atoms with Gasteiger partial charge in [0.25, 0.3) is 5.91 Å². The Morgan fingerprint density at radius 2 is 1.91 bits per heavy atom. The molecule has 1 heterocycles. The lowest BCUT2D eigenvalue weighted by atomic mass is 9.72. The third-order valence-electron chi connectivity index (χ3n) is 6.21. The predicted octanol–water partition coefficient (Wildman–Crippen LogP) is 5.71. The van der Waals surface area contributed by atoms with Crippen LogP contribution in [-0.4, -0.2) is 43.3 Å². The molecule has 0 bridgehead atoms. The van der Waals surface area contributed by atoms with Gasteiger partial charge in [-0.25, -0.2) is 0 Å². The molecule has 1 saturated heterocycles. The third kappa shape index (κ3) is 6.44. The summed E-state index contributed by atoms with van der Waals surface area (Å²) < 4.78 is 0.184. The topological polar surface area (TPSA) is 94.9 Å². The van der Waals surface area contributed by atoms with Crippen molar-refractivity contribution < 1.29 is 24.6 Å². The molecule has 0 aromatic rings. The number of thiocarbonyl (C=S) groups is 1. The summed E-state index contributed by atoms with van der Waals surface area (Å²) in [4.78, 5) is 37.7. The molecule has 6 nitrogen and oxygen atoms in total. The number of nitrogens with zero attached hydrogens (tertiary/aromatic N) is 1. The fraction of sp³-hybridized carbons (Fsp3) is 0.520. The molecule has 180 valence electrons. The van der Waals surface area contributed by atoms with Crippen molar-refractivity contribution in [2.24, 2.45) is 11.3 Å². The standard InChI is InChI=1S/C25H33NO5S2/c1-6-8-18(20(22(28)29)23(30)31)26-21(27)19(33-24(26)32)13-11-15(2)10-12-17-16(3)9-7-14-25(17,4)5/h10-13,18,20H,6-9,14H2,1-5H3,(H,28,29)(H,30,31)/b12-10+,15-11+,19-13+. The van der Waals surface area contributed by atoms with Crippen LogP contribution in [0.1, 0.15) is 66.7 Å². The zero-order valence-corrected chi connectivity index (χ0v) is 21.5. The molecule has 0 radical (unpaired) electrons. The maximum absolute atomic E-state index is 13.0. The Bertz CT molecular complexity index is 944. The third-order valence-corrected chi connectivity index (χ3v) is 7.56. The van der Waals surface area contributed by atoms with Crippen molar-refractivity contribution in [2.45, 2.75) is 72.8 Å². The first kappa shape index (κ1) is 27.1. The number of carbonyl (C=O) groups is 3. The summed E-state index contributed by atoms with van der Waals surface area (Å²) in [6.45, 7) is 10.5. The van der Waals surface area contributed by atoms with Gasteiger partial charge >= 0.3 is 11.9 Å². The quantitative estimate of drug-likeness (QED) is 0.184. The molecule has 1 atom stereocenters. The number of hydrogen-bond donors (Lipinski definition) is 2. The molecule has 2 N–H and O–H groups in total. The minimum Gasteiger partial charge on any atom is -0.481 e. The van der Waals surface area contributed by atoms with Gasteiger partial charge in [-0.15, -0.1) is 0 Å². The van der Waals surface area contributed by atoms with Crippen LogP contribution in [0.15, 0.2) is 45.9 Å². The maximum Gasteiger partial charge on any atom is 0.320 e. The van der Waals surface area contributed by atoms with Gasteiger partial charge in [0, 0.05) is 0 Å². The smallest absolute Gasteiger partial charge is 0.320 e. The SMILES string of the molecule is CCCC(C(C(=O)O)C(=O)O)N1C(=O)\C(=C/C=C(C)/C=C/C2=C(C)CCCC2(C)C)SC1=S. The Labute approximate surface area is 205 Å². The van der Waals surface area contributed by atoms with Crippen LogP contribution in [0.3, 0.4) is 0 Å². The van der Waals surface area contributed by atoms with E-state index in [1.54, 1.807) is 6.08 Å². The van der Waals surface area contributed by atoms with E-state index in [1.807, 2.05) is 26.0 Å². The van der Waals surface area contributed by atoms with Crippen molar-refractivity contribution in [2.75, 3.05) is 0 Å². The molecule has 1 fully saturated rings. The summed E-state index contributed by atoms with van der Waals surface area (Å²) in [5, 5.41) is 18.9. The first-order chi connectivity index (χ1) is 15.4. The van der Waals surface area contributed by atoms with E-state index < -0.39 is 29.8 Å². The van der Waals surface area contributed by atoms with E-state index in [0.29, 0.717) is 11.3 Å². The number of carbonyl (C=O) groups excluding carboxylic acids is 1. The number of aliphatic carboxylic acids is 2. The number of amides is 1. The molecule has 33 heavy (non-hydrogen) atoms. The molecule has 0 saturated carbocycles. The van der Waals surface area contributed by atoms with Gasteiger partial charge in [-0.3, -0.25) is 19.3 Å². The minimum absolute atomic E-state index is 0.140. The van der Waals surface area contributed by atoms with Gasteiger partial charge < -0.3 is 10.2 Å². The second-order valence-electron chi connectivity index (χ2n) is 9.26. The van der Waals surface area contributed by atoms with Crippen LogP contribution >= 0.6 is 24.0 Å². The van der Waals surface area contributed by atoms with Crippen molar-refractivity contribution >= 4 is 46.1 Å². The molecule has 0 aromatic heterocycles. The Morgan fingerprint density at radius 1 is 1.27 bits per heavy atom. The average Bonchev–Trinajstić information content (AvgIpc) is 2.97. The number of allylic oxidation sites excluding steroid dienone is 7. The van der Waals surface area contributed by atoms with Crippen molar-refractivity contribution in [1.29, 1.82) is 0 Å². The van der Waals surface area contributed by atoms with Crippen LogP contribution in [0.4, 0.5) is 0 Å². The number of hydrogen-bond acceptors (Lipinski definition) is 5. The van der Waals surface area contributed by atoms with Crippen LogP contribution in [0, 0.1) is 11.3 Å². The summed E-state index contributed by atoms with van der Waals surface area (Å²) in [5.41, 5.74) is 3.86. The van der Waals surface area contributed by atoms with Gasteiger partial charge in [0.1, 0.15) is 4.32 Å². The van der Waals surface area contributed by atoms with E-state index in [9.17, 15) is 24.6 Å². The molecule has 0 aromatic carbocycles. The highest BCUT2D eigenvalue weighted by atomic mass is 32.2. The first-order valence-corrected chi connectivity index (χ1v) is 12.4. The van der Waals surface area contributed by atoms with Crippen LogP contribution in [0.25, 0.3) is 0 Å². The second kappa shape index (κ2) is 11.3. The second-order valence-corrected chi connectivity index (χ2v) is 10.9. The minimum atomic E-state index is -1.73. The van der Waals surface area contributed by atoms with Gasteiger partial charge in [0.15, 0.2) is 5.92 Å². The largest absolute Gasteiger partial charge is 0.481 e. The van der Waals surface area contributed by atoms with Crippen molar-refractivity contribution in [3.05, 3.63) is 45.9 Å². The van der Waals surface area contributed by atoms with Crippen LogP contribution in [0.5, 0.6) is 0 Å². The molecule has 2 aliphatic rings. The molecule has 1 unspecified atom stereocenters. The zero-order valence-electron chi connectivity index (χ0n) is 19.9. The van der Waals surface area contributed by atoms with E-state index in [0.717, 1.165) is 30.2 Å². The van der Waals surface area contributed by atoms with Gasteiger partial charge in [0.2, 0.25) is 0 Å². The summed E-state index contributed by atoms with van der Waals surface area (Å²) in [6.07, 6.45) is 11.9. The Kier molecular flexibility index (Phi) is 9.26. The van der Waals surface area contributed by atoms with Gasteiger partial charge in [-0.05, 0) is 56.6 Å². The molecular formula is C25H33NO5S2. The molecule has 2 rings (SSSR count). The van der Waals surface area contributed by atoms with Crippen LogP contribution in [-0.2, 0) is 14.4 Å². The Morgan fingerprint density at radius 3 is 2.45 bits per heavy atom. The van der Waals surface area contributed by atoms with E-state index in [4.69, 9.17) is 12.2 Å². The van der Waals surface area contributed by atoms with Gasteiger partial charge in [0.05, 0.1) is 10.9 Å². The van der Waals surface area contributed by atoms with Crippen LogP contribution < -0.4 is 0 Å². The van der Waals surface area contributed by atoms with Gasteiger partial charge in [-0.2, -0.15) is 0 Å². The average molecular weight is 492 g/mol. The summed E-state index contributed by atoms with van der Waals surface area (Å²) in [6, 6.07) is -1.03. The number of rotatable bonds is 9. The van der Waals surface area contributed by atoms with E-state index >= 15 is 0 Å². The van der Waals surface area contributed by atoms with E-state index in [-0.39, 0.29) is 16.2 Å². The molecule has 1 amide bonds. The Hall–Kier alpha value is -2.19. The Balaban J connectivity index is 2.26. The fourth-order valence-corrected chi connectivity index (χ4v) is 5.76. The van der Waals surface area contributed by atoms with Crippen molar-refractivity contribution in [3.8, 4) is 0 Å². The predicted molar refractivity (Wildman–Crippen MR) is 136 cm³/mol. The number of carboxylic acids is 2. The highest BCUT2D eigenvalue weighted by Crippen LogP contribution is 2.41. The lowest BCUT2D eigenvalue weighted by Crippen LogP contribution is -2.48. The molecule has 8 heteroatoms. The summed E-state index contributed by atoms with van der Waals surface area (Å²) >= 11 is 6.40.